The van der Waals surface area contributed by atoms with Crippen LogP contribution in [0.1, 0.15) is 5.56 Å². The second-order valence-corrected chi connectivity index (χ2v) is 6.35. The van der Waals surface area contributed by atoms with Gasteiger partial charge in [0.05, 0.1) is 11.2 Å². The molecule has 2 amide bonds. The Balaban J connectivity index is 1.66. The van der Waals surface area contributed by atoms with Crippen molar-refractivity contribution in [1.29, 1.82) is 0 Å². The van der Waals surface area contributed by atoms with Crippen LogP contribution >= 0.6 is 23.4 Å². The molecule has 24 heavy (non-hydrogen) atoms. The summed E-state index contributed by atoms with van der Waals surface area (Å²) in [6, 6.07) is 13.1. The third-order valence-electron chi connectivity index (χ3n) is 3.26. The molecule has 0 atom stereocenters. The molecule has 0 unspecified atom stereocenters. The highest BCUT2D eigenvalue weighted by molar-refractivity contribution is 7.99. The molecule has 1 aliphatic heterocycles. The second kappa shape index (κ2) is 7.51. The Labute approximate surface area is 147 Å². The first-order chi connectivity index (χ1) is 11.6. The summed E-state index contributed by atoms with van der Waals surface area (Å²) >= 11 is 7.85. The van der Waals surface area contributed by atoms with E-state index in [2.05, 4.69) is 15.8 Å². The largest absolute Gasteiger partial charge is 0.339 e. The monoisotopic (exact) mass is 361 g/mol. The number of halogens is 2. The van der Waals surface area contributed by atoms with Crippen molar-refractivity contribution in [2.45, 2.75) is 4.90 Å². The van der Waals surface area contributed by atoms with Gasteiger partial charge < -0.3 is 5.32 Å². The summed E-state index contributed by atoms with van der Waals surface area (Å²) in [7, 11) is 0. The number of nitrogens with one attached hydrogen (secondary N) is 2. The molecule has 4 nitrogen and oxygen atoms in total. The van der Waals surface area contributed by atoms with Crippen LogP contribution in [-0.2, 0) is 0 Å². The van der Waals surface area contributed by atoms with E-state index < -0.39 is 6.03 Å². The molecule has 0 spiro atoms. The number of rotatable bonds is 3. The van der Waals surface area contributed by atoms with Gasteiger partial charge in [0, 0.05) is 27.5 Å². The smallest absolute Gasteiger partial charge is 0.307 e. The van der Waals surface area contributed by atoms with Crippen molar-refractivity contribution in [3.8, 4) is 0 Å². The molecular weight excluding hydrogens is 349 g/mol. The number of para-hydroxylation sites is 1. The van der Waals surface area contributed by atoms with Crippen molar-refractivity contribution >= 4 is 46.3 Å². The highest BCUT2D eigenvalue weighted by Crippen LogP contribution is 2.38. The van der Waals surface area contributed by atoms with Crippen LogP contribution in [0, 0.1) is 5.82 Å². The van der Waals surface area contributed by atoms with Crippen LogP contribution in [0.15, 0.2) is 64.1 Å². The lowest BCUT2D eigenvalue weighted by Crippen LogP contribution is -2.24. The number of hydrazone groups is 1. The van der Waals surface area contributed by atoms with E-state index in [0.717, 1.165) is 10.5 Å². The number of carbonyl (C=O) groups is 1. The lowest BCUT2D eigenvalue weighted by molar-refractivity contribution is 0.252. The van der Waals surface area contributed by atoms with Gasteiger partial charge in [-0.2, -0.15) is 5.10 Å². The number of benzene rings is 2. The van der Waals surface area contributed by atoms with Crippen molar-refractivity contribution in [3.05, 3.63) is 65.5 Å². The van der Waals surface area contributed by atoms with Gasteiger partial charge in [-0.25, -0.2) is 14.6 Å². The Bertz CT molecular complexity index is 824. The van der Waals surface area contributed by atoms with Crippen LogP contribution in [0.5, 0.6) is 0 Å². The SMILES string of the molecule is O=C(N/N=C/C1=C(Cl)c2cc(F)ccc2SC1)Nc1ccccc1. The molecule has 1 aliphatic rings. The molecule has 0 fully saturated rings. The molecule has 0 bridgehead atoms. The van der Waals surface area contributed by atoms with Crippen molar-refractivity contribution in [3.63, 3.8) is 0 Å². The summed E-state index contributed by atoms with van der Waals surface area (Å²) in [6.45, 7) is 0. The fraction of sp³-hybridized carbons (Fsp3) is 0.0588. The number of amides is 2. The van der Waals surface area contributed by atoms with E-state index in [9.17, 15) is 9.18 Å². The Morgan fingerprint density at radius 2 is 2.04 bits per heavy atom. The molecule has 122 valence electrons. The van der Waals surface area contributed by atoms with E-state index in [-0.39, 0.29) is 5.82 Å². The molecule has 2 N–H and O–H groups in total. The fourth-order valence-corrected chi connectivity index (χ4v) is 3.55. The van der Waals surface area contributed by atoms with Crippen LogP contribution in [0.2, 0.25) is 0 Å². The number of carbonyl (C=O) groups excluding carboxylic acids is 1. The molecule has 2 aromatic rings. The number of fused-ring (bicyclic) bond motifs is 1. The van der Waals surface area contributed by atoms with E-state index in [1.807, 2.05) is 18.2 Å². The average Bonchev–Trinajstić information content (AvgIpc) is 2.58. The van der Waals surface area contributed by atoms with Gasteiger partial charge >= 0.3 is 6.03 Å². The molecule has 0 radical (unpaired) electrons. The molecule has 0 aliphatic carbocycles. The highest BCUT2D eigenvalue weighted by Gasteiger charge is 2.17. The lowest BCUT2D eigenvalue weighted by Gasteiger charge is -2.16. The maximum Gasteiger partial charge on any atom is 0.339 e. The third kappa shape index (κ3) is 3.96. The molecule has 0 saturated carbocycles. The third-order valence-corrected chi connectivity index (χ3v) is 4.83. The molecule has 1 heterocycles. The van der Waals surface area contributed by atoms with Crippen LogP contribution in [-0.4, -0.2) is 18.0 Å². The summed E-state index contributed by atoms with van der Waals surface area (Å²) in [5.74, 6) is 0.259. The summed E-state index contributed by atoms with van der Waals surface area (Å²) in [5, 5.41) is 6.99. The summed E-state index contributed by atoms with van der Waals surface area (Å²) < 4.78 is 13.4. The Morgan fingerprint density at radius 3 is 2.83 bits per heavy atom. The van der Waals surface area contributed by atoms with Gasteiger partial charge in [-0.15, -0.1) is 11.8 Å². The molecule has 3 rings (SSSR count). The predicted molar refractivity (Wildman–Crippen MR) is 97.0 cm³/mol. The van der Waals surface area contributed by atoms with E-state index in [1.54, 1.807) is 30.0 Å². The quantitative estimate of drug-likeness (QED) is 0.615. The van der Waals surface area contributed by atoms with Crippen LogP contribution in [0.4, 0.5) is 14.9 Å². The Morgan fingerprint density at radius 1 is 1.25 bits per heavy atom. The Hall–Kier alpha value is -2.31. The van der Waals surface area contributed by atoms with Gasteiger partial charge in [-0.05, 0) is 30.3 Å². The number of hydrogen-bond donors (Lipinski definition) is 2. The molecular formula is C17H13ClFN3OS. The van der Waals surface area contributed by atoms with E-state index in [0.29, 0.717) is 22.0 Å². The van der Waals surface area contributed by atoms with Crippen molar-refractivity contribution < 1.29 is 9.18 Å². The topological polar surface area (TPSA) is 53.5 Å². The van der Waals surface area contributed by atoms with Crippen molar-refractivity contribution in [2.24, 2.45) is 5.10 Å². The Kier molecular flexibility index (Phi) is 5.17. The fourth-order valence-electron chi connectivity index (χ4n) is 2.13. The number of hydrogen-bond acceptors (Lipinski definition) is 3. The lowest BCUT2D eigenvalue weighted by atomic mass is 10.1. The van der Waals surface area contributed by atoms with Crippen LogP contribution in [0.25, 0.3) is 5.03 Å². The first kappa shape index (κ1) is 16.5. The second-order valence-electron chi connectivity index (χ2n) is 4.96. The average molecular weight is 362 g/mol. The van der Waals surface area contributed by atoms with Gasteiger partial charge in [0.15, 0.2) is 0 Å². The number of nitrogens with zero attached hydrogens (tertiary/aromatic N) is 1. The standard InChI is InChI=1S/C17H13ClFN3OS/c18-16-11(10-24-15-7-6-12(19)8-14(15)16)9-20-22-17(23)21-13-4-2-1-3-5-13/h1-9H,10H2,(H2,21,22,23)/b20-9+. The normalized spacial score (nSPS) is 13.8. The van der Waals surface area contributed by atoms with Crippen LogP contribution < -0.4 is 10.7 Å². The maximum absolute atomic E-state index is 13.4. The summed E-state index contributed by atoms with van der Waals surface area (Å²) in [6.07, 6.45) is 1.48. The van der Waals surface area contributed by atoms with Gasteiger partial charge in [-0.3, -0.25) is 0 Å². The van der Waals surface area contributed by atoms with Gasteiger partial charge in [0.25, 0.3) is 0 Å². The molecule has 2 aromatic carbocycles. The van der Waals surface area contributed by atoms with Gasteiger partial charge in [0.1, 0.15) is 5.82 Å². The molecule has 0 aromatic heterocycles. The molecule has 0 saturated heterocycles. The minimum absolute atomic E-state index is 0.342. The number of anilines is 1. The summed E-state index contributed by atoms with van der Waals surface area (Å²) in [5.41, 5.74) is 4.41. The van der Waals surface area contributed by atoms with E-state index >= 15 is 0 Å². The predicted octanol–water partition coefficient (Wildman–Crippen LogP) is 4.69. The minimum atomic E-state index is -0.455. The first-order valence-corrected chi connectivity index (χ1v) is 8.46. The van der Waals surface area contributed by atoms with Crippen molar-refractivity contribution in [1.82, 2.24) is 5.43 Å². The zero-order valence-corrected chi connectivity index (χ0v) is 14.0. The first-order valence-electron chi connectivity index (χ1n) is 7.10. The van der Waals surface area contributed by atoms with E-state index in [4.69, 9.17) is 11.6 Å². The minimum Gasteiger partial charge on any atom is -0.307 e. The van der Waals surface area contributed by atoms with E-state index in [1.165, 1.54) is 18.3 Å². The zero-order chi connectivity index (χ0) is 16.9. The maximum atomic E-state index is 13.4. The molecule has 7 heteroatoms. The van der Waals surface area contributed by atoms with Gasteiger partial charge in [-0.1, -0.05) is 29.8 Å². The number of thioether (sulfide) groups is 1. The number of urea groups is 1. The highest BCUT2D eigenvalue weighted by atomic mass is 35.5. The van der Waals surface area contributed by atoms with Crippen molar-refractivity contribution in [2.75, 3.05) is 11.1 Å². The van der Waals surface area contributed by atoms with Crippen LogP contribution in [0.3, 0.4) is 0 Å². The van der Waals surface area contributed by atoms with Gasteiger partial charge in [0.2, 0.25) is 0 Å². The summed E-state index contributed by atoms with van der Waals surface area (Å²) in [4.78, 5) is 12.7. The zero-order valence-electron chi connectivity index (χ0n) is 12.4.